The highest BCUT2D eigenvalue weighted by atomic mass is 79.9. The van der Waals surface area contributed by atoms with Gasteiger partial charge in [-0.05, 0) is 54.5 Å². The van der Waals surface area contributed by atoms with Gasteiger partial charge < -0.3 is 5.32 Å². The van der Waals surface area contributed by atoms with E-state index in [0.29, 0.717) is 10.3 Å². The average molecular weight is 338 g/mol. The largest absolute Gasteiger partial charge is 0.313 e. The number of aromatic nitrogens is 2. The van der Waals surface area contributed by atoms with Crippen LogP contribution in [0.4, 0.5) is 4.39 Å². The molecule has 1 aromatic heterocycles. The Kier molecular flexibility index (Phi) is 4.83. The number of nitrogens with zero attached hydrogens (tertiary/aromatic N) is 2. The predicted molar refractivity (Wildman–Crippen MR) is 82.0 cm³/mol. The zero-order valence-electron chi connectivity index (χ0n) is 11.8. The lowest BCUT2D eigenvalue weighted by Crippen LogP contribution is -2.15. The average Bonchev–Trinajstić information content (AvgIpc) is 2.41. The van der Waals surface area contributed by atoms with Crippen LogP contribution in [0.25, 0.3) is 11.4 Å². The first-order chi connectivity index (χ1) is 9.52. The molecule has 0 saturated heterocycles. The van der Waals surface area contributed by atoms with Crippen molar-refractivity contribution in [3.63, 3.8) is 0 Å². The van der Waals surface area contributed by atoms with Crippen molar-refractivity contribution in [3.8, 4) is 11.4 Å². The molecule has 0 atom stereocenters. The first kappa shape index (κ1) is 15.1. The van der Waals surface area contributed by atoms with Crippen molar-refractivity contribution >= 4 is 15.9 Å². The SMILES string of the molecule is CCNCc1c(C)nc(-c2ccc(F)c(Br)c2)nc1C. The van der Waals surface area contributed by atoms with E-state index in [2.05, 4.69) is 38.1 Å². The summed E-state index contributed by atoms with van der Waals surface area (Å²) in [5.74, 6) is 0.340. The van der Waals surface area contributed by atoms with E-state index in [9.17, 15) is 4.39 Å². The second-order valence-electron chi connectivity index (χ2n) is 4.61. The molecular weight excluding hydrogens is 321 g/mol. The molecular formula is C15H17BrFN3. The number of aryl methyl sites for hydroxylation is 2. The molecule has 1 heterocycles. The zero-order chi connectivity index (χ0) is 14.7. The van der Waals surface area contributed by atoms with Gasteiger partial charge in [0, 0.05) is 29.1 Å². The van der Waals surface area contributed by atoms with Crippen molar-refractivity contribution in [2.45, 2.75) is 27.3 Å². The van der Waals surface area contributed by atoms with Crippen molar-refractivity contribution in [2.75, 3.05) is 6.54 Å². The maximum atomic E-state index is 13.3. The van der Waals surface area contributed by atoms with Gasteiger partial charge in [0.2, 0.25) is 0 Å². The van der Waals surface area contributed by atoms with Crippen molar-refractivity contribution < 1.29 is 4.39 Å². The first-order valence-electron chi connectivity index (χ1n) is 6.53. The molecule has 3 nitrogen and oxygen atoms in total. The van der Waals surface area contributed by atoms with Gasteiger partial charge in [-0.1, -0.05) is 6.92 Å². The second kappa shape index (κ2) is 6.41. The van der Waals surface area contributed by atoms with Crippen molar-refractivity contribution in [1.29, 1.82) is 0 Å². The third kappa shape index (κ3) is 3.22. The molecule has 106 valence electrons. The Morgan fingerprint density at radius 2 is 1.85 bits per heavy atom. The van der Waals surface area contributed by atoms with E-state index < -0.39 is 0 Å². The third-order valence-electron chi connectivity index (χ3n) is 3.15. The Bertz CT molecular complexity index is 606. The van der Waals surface area contributed by atoms with Gasteiger partial charge in [-0.2, -0.15) is 0 Å². The number of nitrogens with one attached hydrogen (secondary N) is 1. The topological polar surface area (TPSA) is 37.8 Å². The van der Waals surface area contributed by atoms with Crippen molar-refractivity contribution in [1.82, 2.24) is 15.3 Å². The van der Waals surface area contributed by atoms with E-state index in [1.54, 1.807) is 12.1 Å². The van der Waals surface area contributed by atoms with Gasteiger partial charge in [0.15, 0.2) is 5.82 Å². The molecule has 0 aliphatic carbocycles. The van der Waals surface area contributed by atoms with Gasteiger partial charge in [-0.25, -0.2) is 14.4 Å². The van der Waals surface area contributed by atoms with Crippen LogP contribution in [0.5, 0.6) is 0 Å². The Labute approximate surface area is 126 Å². The van der Waals surface area contributed by atoms with E-state index >= 15 is 0 Å². The number of hydrogen-bond donors (Lipinski definition) is 1. The first-order valence-corrected chi connectivity index (χ1v) is 7.32. The van der Waals surface area contributed by atoms with Crippen LogP contribution in [-0.4, -0.2) is 16.5 Å². The second-order valence-corrected chi connectivity index (χ2v) is 5.46. The lowest BCUT2D eigenvalue weighted by Gasteiger charge is -2.11. The fourth-order valence-corrected chi connectivity index (χ4v) is 2.39. The van der Waals surface area contributed by atoms with E-state index in [0.717, 1.165) is 35.6 Å². The molecule has 0 saturated carbocycles. The highest BCUT2D eigenvalue weighted by Gasteiger charge is 2.11. The van der Waals surface area contributed by atoms with Crippen molar-refractivity contribution in [2.24, 2.45) is 0 Å². The van der Waals surface area contributed by atoms with Crippen LogP contribution < -0.4 is 5.32 Å². The summed E-state index contributed by atoms with van der Waals surface area (Å²) in [7, 11) is 0. The molecule has 0 spiro atoms. The molecule has 20 heavy (non-hydrogen) atoms. The minimum absolute atomic E-state index is 0.286. The van der Waals surface area contributed by atoms with Crippen LogP contribution in [0.3, 0.4) is 0 Å². The standard InChI is InChI=1S/C15H17BrFN3/c1-4-18-8-12-9(2)19-15(20-10(12)3)11-5-6-14(17)13(16)7-11/h5-7,18H,4,8H2,1-3H3. The lowest BCUT2D eigenvalue weighted by molar-refractivity contribution is 0.621. The summed E-state index contributed by atoms with van der Waals surface area (Å²) in [4.78, 5) is 9.07. The molecule has 1 N–H and O–H groups in total. The number of rotatable bonds is 4. The quantitative estimate of drug-likeness (QED) is 0.922. The lowest BCUT2D eigenvalue weighted by atomic mass is 10.1. The zero-order valence-corrected chi connectivity index (χ0v) is 13.4. The molecule has 0 aliphatic heterocycles. The van der Waals surface area contributed by atoms with E-state index in [-0.39, 0.29) is 5.82 Å². The maximum absolute atomic E-state index is 13.3. The third-order valence-corrected chi connectivity index (χ3v) is 3.76. The number of benzene rings is 1. The summed E-state index contributed by atoms with van der Waals surface area (Å²) >= 11 is 3.19. The predicted octanol–water partition coefficient (Wildman–Crippen LogP) is 3.77. The Balaban J connectivity index is 2.41. The van der Waals surface area contributed by atoms with Crippen LogP contribution in [0.15, 0.2) is 22.7 Å². The highest BCUT2D eigenvalue weighted by Crippen LogP contribution is 2.24. The maximum Gasteiger partial charge on any atom is 0.159 e. The van der Waals surface area contributed by atoms with Crippen LogP contribution in [0.1, 0.15) is 23.9 Å². The summed E-state index contributed by atoms with van der Waals surface area (Å²) in [5.41, 5.74) is 3.83. The molecule has 1 aromatic carbocycles. The Morgan fingerprint density at radius 1 is 1.20 bits per heavy atom. The normalized spacial score (nSPS) is 10.8. The van der Waals surface area contributed by atoms with Gasteiger partial charge in [0.05, 0.1) is 4.47 Å². The Morgan fingerprint density at radius 3 is 2.40 bits per heavy atom. The van der Waals surface area contributed by atoms with Gasteiger partial charge >= 0.3 is 0 Å². The summed E-state index contributed by atoms with van der Waals surface area (Å²) in [6.07, 6.45) is 0. The van der Waals surface area contributed by atoms with Gasteiger partial charge in [-0.3, -0.25) is 0 Å². The van der Waals surface area contributed by atoms with Crippen molar-refractivity contribution in [3.05, 3.63) is 45.4 Å². The minimum atomic E-state index is -0.286. The fourth-order valence-electron chi connectivity index (χ4n) is 2.01. The number of halogens is 2. The van der Waals surface area contributed by atoms with Crippen LogP contribution in [-0.2, 0) is 6.54 Å². The summed E-state index contributed by atoms with van der Waals surface area (Å²) in [6.45, 7) is 7.69. The molecule has 0 unspecified atom stereocenters. The molecule has 0 fully saturated rings. The van der Waals surface area contributed by atoms with Gasteiger partial charge in [0.1, 0.15) is 5.82 Å². The van der Waals surface area contributed by atoms with E-state index in [1.165, 1.54) is 6.07 Å². The fraction of sp³-hybridized carbons (Fsp3) is 0.333. The molecule has 5 heteroatoms. The van der Waals surface area contributed by atoms with Crippen LogP contribution in [0, 0.1) is 19.7 Å². The summed E-state index contributed by atoms with van der Waals surface area (Å²) in [5, 5.41) is 3.28. The molecule has 2 aromatic rings. The minimum Gasteiger partial charge on any atom is -0.313 e. The van der Waals surface area contributed by atoms with Crippen LogP contribution in [0.2, 0.25) is 0 Å². The van der Waals surface area contributed by atoms with E-state index in [1.807, 2.05) is 13.8 Å². The van der Waals surface area contributed by atoms with Gasteiger partial charge in [0.25, 0.3) is 0 Å². The Hall–Kier alpha value is -1.33. The highest BCUT2D eigenvalue weighted by molar-refractivity contribution is 9.10. The number of hydrogen-bond acceptors (Lipinski definition) is 3. The van der Waals surface area contributed by atoms with E-state index in [4.69, 9.17) is 0 Å². The molecule has 0 aliphatic rings. The summed E-state index contributed by atoms with van der Waals surface area (Å²) < 4.78 is 13.7. The molecule has 0 bridgehead atoms. The monoisotopic (exact) mass is 337 g/mol. The van der Waals surface area contributed by atoms with Crippen LogP contribution >= 0.6 is 15.9 Å². The van der Waals surface area contributed by atoms with Gasteiger partial charge in [-0.15, -0.1) is 0 Å². The smallest absolute Gasteiger partial charge is 0.159 e. The molecule has 0 radical (unpaired) electrons. The summed E-state index contributed by atoms with van der Waals surface area (Å²) in [6, 6.07) is 4.81. The molecule has 0 amide bonds. The molecule has 2 rings (SSSR count).